The minimum atomic E-state index is -0.991. The van der Waals surface area contributed by atoms with Crippen LogP contribution < -0.4 is 10.6 Å². The first-order valence-corrected chi connectivity index (χ1v) is 6.83. The van der Waals surface area contributed by atoms with Crippen molar-refractivity contribution >= 4 is 11.9 Å². The Kier molecular flexibility index (Phi) is 4.39. The fourth-order valence-electron chi connectivity index (χ4n) is 2.37. The van der Waals surface area contributed by atoms with Gasteiger partial charge in [-0.05, 0) is 35.6 Å². The number of carboxylic acid groups (broad SMARTS) is 1. The van der Waals surface area contributed by atoms with Crippen molar-refractivity contribution in [3.8, 4) is 0 Å². The summed E-state index contributed by atoms with van der Waals surface area (Å²) in [4.78, 5) is 23.3. The number of hydrogen-bond acceptors (Lipinski definition) is 3. The molecule has 2 rings (SSSR count). The Morgan fingerprint density at radius 2 is 2.00 bits per heavy atom. The van der Waals surface area contributed by atoms with Crippen LogP contribution in [-0.2, 0) is 17.9 Å². The van der Waals surface area contributed by atoms with Crippen LogP contribution in [0, 0.1) is 5.92 Å². The van der Waals surface area contributed by atoms with Crippen LogP contribution in [0.25, 0.3) is 0 Å². The molecule has 0 saturated heterocycles. The van der Waals surface area contributed by atoms with Gasteiger partial charge in [0.25, 0.3) is 5.91 Å². The largest absolute Gasteiger partial charge is 0.480 e. The van der Waals surface area contributed by atoms with Gasteiger partial charge in [0.05, 0.1) is 0 Å². The third-order valence-electron chi connectivity index (χ3n) is 3.41. The predicted octanol–water partition coefficient (Wildman–Crippen LogP) is 1.52. The van der Waals surface area contributed by atoms with Crippen molar-refractivity contribution in [2.45, 2.75) is 39.4 Å². The minimum Gasteiger partial charge on any atom is -0.480 e. The molecule has 0 aromatic heterocycles. The Morgan fingerprint density at radius 1 is 1.30 bits per heavy atom. The lowest BCUT2D eigenvalue weighted by Gasteiger charge is -2.16. The molecular weight excluding hydrogens is 256 g/mol. The molecule has 0 unspecified atom stereocenters. The number of aliphatic carboxylic acids is 1. The van der Waals surface area contributed by atoms with Gasteiger partial charge in [-0.15, -0.1) is 0 Å². The zero-order valence-electron chi connectivity index (χ0n) is 11.8. The van der Waals surface area contributed by atoms with Crippen LogP contribution in [-0.4, -0.2) is 23.0 Å². The molecule has 1 aromatic carbocycles. The summed E-state index contributed by atoms with van der Waals surface area (Å²) in [5, 5.41) is 15.0. The molecule has 108 valence electrons. The van der Waals surface area contributed by atoms with E-state index in [9.17, 15) is 9.59 Å². The molecule has 1 atom stereocenters. The van der Waals surface area contributed by atoms with E-state index in [1.807, 2.05) is 26.0 Å². The highest BCUT2D eigenvalue weighted by Gasteiger charge is 2.22. The zero-order chi connectivity index (χ0) is 14.7. The number of amides is 1. The van der Waals surface area contributed by atoms with Gasteiger partial charge >= 0.3 is 5.97 Å². The number of benzene rings is 1. The van der Waals surface area contributed by atoms with E-state index in [0.717, 1.165) is 18.7 Å². The SMILES string of the molecule is CC(C)C[C@H](NC(=O)c1ccc2c(c1)CNC2)C(=O)O. The van der Waals surface area contributed by atoms with Crippen LogP contribution in [0.3, 0.4) is 0 Å². The minimum absolute atomic E-state index is 0.209. The fraction of sp³-hybridized carbons (Fsp3) is 0.467. The molecule has 1 aliphatic heterocycles. The number of fused-ring (bicyclic) bond motifs is 1. The molecule has 1 aromatic rings. The van der Waals surface area contributed by atoms with Crippen LogP contribution in [0.4, 0.5) is 0 Å². The van der Waals surface area contributed by atoms with Gasteiger partial charge in [-0.25, -0.2) is 4.79 Å². The van der Waals surface area contributed by atoms with Crippen molar-refractivity contribution in [2.75, 3.05) is 0 Å². The Labute approximate surface area is 118 Å². The lowest BCUT2D eigenvalue weighted by atomic mass is 10.0. The molecule has 5 nitrogen and oxygen atoms in total. The first-order chi connectivity index (χ1) is 9.47. The Morgan fingerprint density at radius 3 is 2.65 bits per heavy atom. The topological polar surface area (TPSA) is 78.4 Å². The van der Waals surface area contributed by atoms with Crippen molar-refractivity contribution in [2.24, 2.45) is 5.92 Å². The highest BCUT2D eigenvalue weighted by atomic mass is 16.4. The third-order valence-corrected chi connectivity index (χ3v) is 3.41. The highest BCUT2D eigenvalue weighted by molar-refractivity contribution is 5.96. The second-order valence-corrected chi connectivity index (χ2v) is 5.58. The maximum absolute atomic E-state index is 12.1. The van der Waals surface area contributed by atoms with Crippen molar-refractivity contribution in [3.05, 3.63) is 34.9 Å². The summed E-state index contributed by atoms with van der Waals surface area (Å²) in [6, 6.07) is 4.66. The van der Waals surface area contributed by atoms with Gasteiger partial charge in [-0.2, -0.15) is 0 Å². The summed E-state index contributed by atoms with van der Waals surface area (Å²) in [5.41, 5.74) is 2.81. The Hall–Kier alpha value is -1.88. The van der Waals surface area contributed by atoms with Crippen LogP contribution in [0.15, 0.2) is 18.2 Å². The monoisotopic (exact) mass is 276 g/mol. The average molecular weight is 276 g/mol. The van der Waals surface area contributed by atoms with Gasteiger partial charge in [-0.3, -0.25) is 4.79 Å². The van der Waals surface area contributed by atoms with E-state index in [4.69, 9.17) is 5.11 Å². The lowest BCUT2D eigenvalue weighted by Crippen LogP contribution is -2.41. The first-order valence-electron chi connectivity index (χ1n) is 6.83. The van der Waals surface area contributed by atoms with Crippen LogP contribution in [0.2, 0.25) is 0 Å². The van der Waals surface area contributed by atoms with E-state index in [2.05, 4.69) is 10.6 Å². The molecule has 0 aliphatic carbocycles. The number of rotatable bonds is 5. The number of carbonyl (C=O) groups is 2. The second-order valence-electron chi connectivity index (χ2n) is 5.58. The summed E-state index contributed by atoms with van der Waals surface area (Å²) in [6.07, 6.45) is 0.424. The molecule has 1 amide bonds. The van der Waals surface area contributed by atoms with Gasteiger partial charge in [0.2, 0.25) is 0 Å². The van der Waals surface area contributed by atoms with Crippen molar-refractivity contribution in [3.63, 3.8) is 0 Å². The molecule has 3 N–H and O–H groups in total. The maximum Gasteiger partial charge on any atom is 0.326 e. The van der Waals surface area contributed by atoms with E-state index < -0.39 is 12.0 Å². The normalized spacial score (nSPS) is 14.9. The summed E-state index contributed by atoms with van der Waals surface area (Å²) >= 11 is 0. The van der Waals surface area contributed by atoms with Gasteiger partial charge in [0.1, 0.15) is 6.04 Å². The predicted molar refractivity (Wildman–Crippen MR) is 75.3 cm³/mol. The van der Waals surface area contributed by atoms with E-state index in [-0.39, 0.29) is 11.8 Å². The number of hydrogen-bond donors (Lipinski definition) is 3. The molecule has 0 spiro atoms. The summed E-state index contributed by atoms with van der Waals surface area (Å²) in [6.45, 7) is 5.44. The van der Waals surface area contributed by atoms with Crippen molar-refractivity contribution in [1.29, 1.82) is 0 Å². The third kappa shape index (κ3) is 3.36. The standard InChI is InChI=1S/C15H20N2O3/c1-9(2)5-13(15(19)20)17-14(18)10-3-4-11-7-16-8-12(11)6-10/h3-4,6,9,13,16H,5,7-8H2,1-2H3,(H,17,18)(H,19,20)/t13-/m0/s1. The van der Waals surface area contributed by atoms with Gasteiger partial charge in [-0.1, -0.05) is 19.9 Å². The lowest BCUT2D eigenvalue weighted by molar-refractivity contribution is -0.139. The van der Waals surface area contributed by atoms with Gasteiger partial charge in [0.15, 0.2) is 0 Å². The van der Waals surface area contributed by atoms with Crippen LogP contribution >= 0.6 is 0 Å². The summed E-state index contributed by atoms with van der Waals surface area (Å²) < 4.78 is 0. The highest BCUT2D eigenvalue weighted by Crippen LogP contribution is 2.17. The molecule has 0 fully saturated rings. The van der Waals surface area contributed by atoms with Crippen LogP contribution in [0.5, 0.6) is 0 Å². The Bertz CT molecular complexity index is 526. The molecule has 0 bridgehead atoms. The smallest absolute Gasteiger partial charge is 0.326 e. The van der Waals surface area contributed by atoms with E-state index in [1.165, 1.54) is 5.56 Å². The van der Waals surface area contributed by atoms with Crippen LogP contribution in [0.1, 0.15) is 41.8 Å². The maximum atomic E-state index is 12.1. The molecule has 20 heavy (non-hydrogen) atoms. The molecular formula is C15H20N2O3. The van der Waals surface area contributed by atoms with Crippen molar-refractivity contribution in [1.82, 2.24) is 10.6 Å². The van der Waals surface area contributed by atoms with E-state index >= 15 is 0 Å². The molecule has 0 saturated carbocycles. The van der Waals surface area contributed by atoms with Crippen molar-refractivity contribution < 1.29 is 14.7 Å². The quantitative estimate of drug-likeness (QED) is 0.762. The molecule has 1 heterocycles. The van der Waals surface area contributed by atoms with Gasteiger partial charge < -0.3 is 15.7 Å². The zero-order valence-corrected chi connectivity index (χ0v) is 11.8. The molecule has 0 radical (unpaired) electrons. The number of nitrogens with one attached hydrogen (secondary N) is 2. The first kappa shape index (κ1) is 14.5. The fourth-order valence-corrected chi connectivity index (χ4v) is 2.37. The van der Waals surface area contributed by atoms with Gasteiger partial charge in [0, 0.05) is 18.7 Å². The van der Waals surface area contributed by atoms with E-state index in [1.54, 1.807) is 6.07 Å². The molecule has 5 heteroatoms. The Balaban J connectivity index is 2.08. The summed E-state index contributed by atoms with van der Waals surface area (Å²) in [5.74, 6) is -1.11. The molecule has 1 aliphatic rings. The summed E-state index contributed by atoms with van der Waals surface area (Å²) in [7, 11) is 0. The number of carbonyl (C=O) groups excluding carboxylic acids is 1. The van der Waals surface area contributed by atoms with E-state index in [0.29, 0.717) is 12.0 Å². The number of carboxylic acids is 1. The second kappa shape index (κ2) is 6.05. The average Bonchev–Trinajstić information content (AvgIpc) is 2.84.